The zero-order valence-corrected chi connectivity index (χ0v) is 11.4. The third kappa shape index (κ3) is 2.22. The first-order chi connectivity index (χ1) is 9.15. The zero-order chi connectivity index (χ0) is 13.4. The Morgan fingerprint density at radius 2 is 1.79 bits per heavy atom. The van der Waals surface area contributed by atoms with Gasteiger partial charge in [-0.3, -0.25) is 4.79 Å². The second kappa shape index (κ2) is 4.67. The van der Waals surface area contributed by atoms with Gasteiger partial charge >= 0.3 is 0 Å². The van der Waals surface area contributed by atoms with Crippen molar-refractivity contribution >= 4 is 23.0 Å². The normalized spacial score (nSPS) is 14.0. The third-order valence-electron chi connectivity index (χ3n) is 3.48. The zero-order valence-electron chi connectivity index (χ0n) is 10.6. The lowest BCUT2D eigenvalue weighted by Gasteiger charge is -2.17. The minimum absolute atomic E-state index is 0.0410. The fourth-order valence-electron chi connectivity index (χ4n) is 2.40. The highest BCUT2D eigenvalue weighted by atomic mass is 35.5. The molecule has 0 unspecified atom stereocenters. The van der Waals surface area contributed by atoms with Gasteiger partial charge in [-0.2, -0.15) is 0 Å². The van der Waals surface area contributed by atoms with Crippen LogP contribution in [0.4, 0.5) is 0 Å². The molecule has 0 spiro atoms. The molecule has 0 heterocycles. The molecule has 0 saturated carbocycles. The van der Waals surface area contributed by atoms with Gasteiger partial charge < -0.3 is 0 Å². The molecule has 0 aromatic heterocycles. The molecule has 1 aliphatic rings. The van der Waals surface area contributed by atoms with Crippen LogP contribution in [-0.4, -0.2) is 5.78 Å². The number of benzene rings is 2. The molecule has 19 heavy (non-hydrogen) atoms. The second-order valence-corrected chi connectivity index (χ2v) is 5.25. The number of hydrogen-bond acceptors (Lipinski definition) is 1. The van der Waals surface area contributed by atoms with Gasteiger partial charge in [0.2, 0.25) is 0 Å². The number of halogens is 1. The number of allylic oxidation sites excluding steroid dienone is 2. The van der Waals surface area contributed by atoms with Gasteiger partial charge in [0.25, 0.3) is 0 Å². The quantitative estimate of drug-likeness (QED) is 0.746. The number of carbonyl (C=O) groups is 1. The Kier molecular flexibility index (Phi) is 3.00. The van der Waals surface area contributed by atoms with E-state index in [-0.39, 0.29) is 5.78 Å². The molecule has 0 aliphatic heterocycles. The summed E-state index contributed by atoms with van der Waals surface area (Å²) in [6, 6.07) is 13.7. The van der Waals surface area contributed by atoms with Gasteiger partial charge in [-0.05, 0) is 35.8 Å². The summed E-state index contributed by atoms with van der Waals surface area (Å²) in [4.78, 5) is 12.2. The maximum Gasteiger partial charge on any atom is 0.186 e. The monoisotopic (exact) mass is 268 g/mol. The number of rotatable bonds is 1. The van der Waals surface area contributed by atoms with Crippen LogP contribution >= 0.6 is 11.6 Å². The lowest BCUT2D eigenvalue weighted by molar-refractivity contribution is 0.104. The van der Waals surface area contributed by atoms with Crippen molar-refractivity contribution in [2.24, 2.45) is 0 Å². The highest BCUT2D eigenvalue weighted by molar-refractivity contribution is 6.32. The van der Waals surface area contributed by atoms with Crippen molar-refractivity contribution in [3.05, 3.63) is 75.8 Å². The number of hydrogen-bond donors (Lipinski definition) is 0. The summed E-state index contributed by atoms with van der Waals surface area (Å²) in [7, 11) is 0. The smallest absolute Gasteiger partial charge is 0.186 e. The van der Waals surface area contributed by atoms with Crippen molar-refractivity contribution in [2.75, 3.05) is 0 Å². The summed E-state index contributed by atoms with van der Waals surface area (Å²) in [5.41, 5.74) is 5.00. The number of carbonyl (C=O) groups excluding carboxylic acids is 1. The van der Waals surface area contributed by atoms with Crippen molar-refractivity contribution in [3.63, 3.8) is 0 Å². The van der Waals surface area contributed by atoms with Gasteiger partial charge in [-0.15, -0.1) is 0 Å². The Morgan fingerprint density at radius 3 is 2.53 bits per heavy atom. The lowest BCUT2D eigenvalue weighted by Crippen LogP contribution is -2.09. The molecular formula is C17H13ClO. The summed E-state index contributed by atoms with van der Waals surface area (Å²) < 4.78 is 0. The Labute approximate surface area is 117 Å². The van der Waals surface area contributed by atoms with Gasteiger partial charge in [0, 0.05) is 17.0 Å². The molecule has 0 saturated heterocycles. The van der Waals surface area contributed by atoms with Crippen LogP contribution < -0.4 is 0 Å². The Morgan fingerprint density at radius 1 is 1.05 bits per heavy atom. The van der Waals surface area contributed by atoms with E-state index < -0.39 is 0 Å². The van der Waals surface area contributed by atoms with E-state index in [1.54, 1.807) is 6.08 Å². The Hall–Kier alpha value is -1.86. The topological polar surface area (TPSA) is 17.1 Å². The van der Waals surface area contributed by atoms with E-state index >= 15 is 0 Å². The van der Waals surface area contributed by atoms with Gasteiger partial charge in [0.15, 0.2) is 5.78 Å². The van der Waals surface area contributed by atoms with Crippen LogP contribution in [0.3, 0.4) is 0 Å². The SMILES string of the molecule is Cc1ccc(C2=CC(=O)c3cccc(Cl)c3C2)cc1. The molecule has 0 amide bonds. The minimum atomic E-state index is 0.0410. The number of aryl methyl sites for hydroxylation is 1. The first-order valence-electron chi connectivity index (χ1n) is 6.24. The fraction of sp³-hybridized carbons (Fsp3) is 0.118. The van der Waals surface area contributed by atoms with Crippen LogP contribution in [0, 0.1) is 6.92 Å². The summed E-state index contributed by atoms with van der Waals surface area (Å²) in [6.45, 7) is 2.05. The van der Waals surface area contributed by atoms with Crippen LogP contribution in [0.5, 0.6) is 0 Å². The van der Waals surface area contributed by atoms with E-state index in [0.717, 1.165) is 22.3 Å². The van der Waals surface area contributed by atoms with Crippen molar-refractivity contribution in [1.29, 1.82) is 0 Å². The molecule has 2 aromatic carbocycles. The molecule has 3 rings (SSSR count). The predicted octanol–water partition coefficient (Wildman–Crippen LogP) is 4.47. The summed E-state index contributed by atoms with van der Waals surface area (Å²) >= 11 is 6.21. The summed E-state index contributed by atoms with van der Waals surface area (Å²) in [5.74, 6) is 0.0410. The Balaban J connectivity index is 2.06. The van der Waals surface area contributed by atoms with Gasteiger partial charge in [-0.1, -0.05) is 53.6 Å². The van der Waals surface area contributed by atoms with E-state index in [0.29, 0.717) is 11.4 Å². The van der Waals surface area contributed by atoms with E-state index in [1.165, 1.54) is 5.56 Å². The molecule has 1 nitrogen and oxygen atoms in total. The molecular weight excluding hydrogens is 256 g/mol. The first-order valence-corrected chi connectivity index (χ1v) is 6.62. The summed E-state index contributed by atoms with van der Waals surface area (Å²) in [6.07, 6.45) is 2.44. The van der Waals surface area contributed by atoms with Crippen molar-refractivity contribution in [1.82, 2.24) is 0 Å². The van der Waals surface area contributed by atoms with Gasteiger partial charge in [-0.25, -0.2) is 0 Å². The maximum atomic E-state index is 12.2. The van der Waals surface area contributed by atoms with E-state index in [4.69, 9.17) is 11.6 Å². The van der Waals surface area contributed by atoms with Crippen LogP contribution in [-0.2, 0) is 6.42 Å². The standard InChI is InChI=1S/C17H13ClO/c1-11-5-7-12(8-6-11)13-9-15-14(17(19)10-13)3-2-4-16(15)18/h2-8,10H,9H2,1H3. The Bertz CT molecular complexity index is 681. The average molecular weight is 269 g/mol. The largest absolute Gasteiger partial charge is 0.289 e. The average Bonchev–Trinajstić information content (AvgIpc) is 2.41. The second-order valence-electron chi connectivity index (χ2n) is 4.84. The molecule has 0 atom stereocenters. The fourth-order valence-corrected chi connectivity index (χ4v) is 2.64. The molecule has 0 radical (unpaired) electrons. The van der Waals surface area contributed by atoms with Crippen LogP contribution in [0.25, 0.3) is 5.57 Å². The molecule has 0 N–H and O–H groups in total. The molecule has 0 bridgehead atoms. The van der Waals surface area contributed by atoms with E-state index in [2.05, 4.69) is 31.2 Å². The minimum Gasteiger partial charge on any atom is -0.289 e. The van der Waals surface area contributed by atoms with Crippen molar-refractivity contribution < 1.29 is 4.79 Å². The number of ketones is 1. The number of fused-ring (bicyclic) bond motifs is 1. The van der Waals surface area contributed by atoms with Crippen LogP contribution in [0.15, 0.2) is 48.5 Å². The molecule has 94 valence electrons. The van der Waals surface area contributed by atoms with E-state index in [1.807, 2.05) is 18.2 Å². The summed E-state index contributed by atoms with van der Waals surface area (Å²) in [5, 5.41) is 0.670. The first kappa shape index (κ1) is 12.2. The van der Waals surface area contributed by atoms with Crippen LogP contribution in [0.2, 0.25) is 5.02 Å². The molecule has 2 heteroatoms. The van der Waals surface area contributed by atoms with E-state index in [9.17, 15) is 4.79 Å². The van der Waals surface area contributed by atoms with Crippen molar-refractivity contribution in [3.8, 4) is 0 Å². The van der Waals surface area contributed by atoms with Crippen molar-refractivity contribution in [2.45, 2.75) is 13.3 Å². The molecule has 1 aliphatic carbocycles. The van der Waals surface area contributed by atoms with Crippen LogP contribution in [0.1, 0.15) is 27.0 Å². The maximum absolute atomic E-state index is 12.2. The molecule has 0 fully saturated rings. The third-order valence-corrected chi connectivity index (χ3v) is 3.83. The van der Waals surface area contributed by atoms with Gasteiger partial charge in [0.05, 0.1) is 0 Å². The lowest BCUT2D eigenvalue weighted by atomic mass is 9.87. The highest BCUT2D eigenvalue weighted by Gasteiger charge is 2.20. The highest BCUT2D eigenvalue weighted by Crippen LogP contribution is 2.31. The molecule has 2 aromatic rings. The van der Waals surface area contributed by atoms with Gasteiger partial charge in [0.1, 0.15) is 0 Å². The predicted molar refractivity (Wildman–Crippen MR) is 78.6 cm³/mol.